The molecule has 0 fully saturated rings. The normalized spacial score (nSPS) is 18.0. The third-order valence-corrected chi connectivity index (χ3v) is 1.60. The minimum atomic E-state index is 0.556. The first kappa shape index (κ1) is 5.12. The topological polar surface area (TPSA) is 26.5 Å². The highest BCUT2D eigenvalue weighted by Gasteiger charge is 2.04. The van der Waals surface area contributed by atoms with Gasteiger partial charge in [0.15, 0.2) is 0 Å². The molecule has 0 atom stereocenters. The van der Waals surface area contributed by atoms with Crippen LogP contribution in [-0.4, -0.2) is 4.62 Å². The van der Waals surface area contributed by atoms with Crippen molar-refractivity contribution in [2.45, 2.75) is 0 Å². The molecule has 37 valence electrons. The van der Waals surface area contributed by atoms with Gasteiger partial charge in [-0.3, -0.25) is 0 Å². The van der Waals surface area contributed by atoms with E-state index in [9.17, 15) is 0 Å². The summed E-state index contributed by atoms with van der Waals surface area (Å²) in [7, 11) is 0. The highest BCUT2D eigenvalue weighted by atomic mass is 79.9. The Balaban J connectivity index is 2.78. The number of nitrogens with zero attached hydrogens (tertiary/aromatic N) is 2. The molecular weight excluding hydrogens is 179 g/mol. The molecule has 0 N–H and O–H groups in total. The van der Waals surface area contributed by atoms with Gasteiger partial charge in [-0.05, 0) is 15.9 Å². The van der Waals surface area contributed by atoms with Gasteiger partial charge in [-0.2, -0.15) is 5.43 Å². The van der Waals surface area contributed by atoms with E-state index in [4.69, 9.17) is 11.6 Å². The number of hydrogen-bond acceptors (Lipinski definition) is 1. The minimum Gasteiger partial charge on any atom is -0.156 e. The molecule has 7 heavy (non-hydrogen) atoms. The molecule has 0 amide bonds. The summed E-state index contributed by atoms with van der Waals surface area (Å²) < 4.78 is 0.606. The summed E-state index contributed by atoms with van der Waals surface area (Å²) in [5.41, 5.74) is 3.49. The van der Waals surface area contributed by atoms with Crippen molar-refractivity contribution in [3.63, 3.8) is 0 Å². The highest BCUT2D eigenvalue weighted by Crippen LogP contribution is 2.12. The van der Waals surface area contributed by atoms with Crippen LogP contribution in [0.4, 0.5) is 0 Å². The van der Waals surface area contributed by atoms with E-state index in [-0.39, 0.29) is 0 Å². The monoisotopic (exact) mass is 179 g/mol. The number of halogens is 2. The molecule has 1 rings (SSSR count). The maximum absolute atomic E-state index is 5.45. The molecule has 1 radical (unpaired) electrons. The van der Waals surface area contributed by atoms with Crippen molar-refractivity contribution in [1.82, 2.24) is 5.43 Å². The molecule has 2 nitrogen and oxygen atoms in total. The number of allylic oxidation sites excluding steroid dienone is 1. The third kappa shape index (κ3) is 0.951. The molecule has 1 aliphatic heterocycles. The maximum atomic E-state index is 5.45. The standard InChI is InChI=1S/C3HBrClN2/c4-3-2(5)1-6-7-3/h1H. The van der Waals surface area contributed by atoms with Gasteiger partial charge in [0.25, 0.3) is 0 Å². The van der Waals surface area contributed by atoms with Crippen LogP contribution in [0.25, 0.3) is 0 Å². The summed E-state index contributed by atoms with van der Waals surface area (Å²) in [5.74, 6) is 0. The highest BCUT2D eigenvalue weighted by molar-refractivity contribution is 9.18. The molecule has 1 aliphatic rings. The van der Waals surface area contributed by atoms with Crippen LogP contribution in [-0.2, 0) is 0 Å². The van der Waals surface area contributed by atoms with Crippen molar-refractivity contribution in [3.05, 3.63) is 11.2 Å². The fraction of sp³-hybridized carbons (Fsp3) is 0. The van der Waals surface area contributed by atoms with Crippen molar-refractivity contribution in [1.29, 1.82) is 0 Å². The second kappa shape index (κ2) is 1.84. The zero-order valence-corrected chi connectivity index (χ0v) is 5.57. The van der Waals surface area contributed by atoms with E-state index in [1.54, 1.807) is 0 Å². The van der Waals surface area contributed by atoms with Crippen molar-refractivity contribution >= 4 is 32.2 Å². The Morgan fingerprint density at radius 1 is 1.71 bits per heavy atom. The van der Waals surface area contributed by atoms with Crippen LogP contribution in [0.5, 0.6) is 0 Å². The summed E-state index contributed by atoms with van der Waals surface area (Å²) >= 11 is 8.51. The van der Waals surface area contributed by atoms with Gasteiger partial charge in [0.1, 0.15) is 4.62 Å². The van der Waals surface area contributed by atoms with Crippen molar-refractivity contribution in [2.75, 3.05) is 0 Å². The molecule has 0 aromatic carbocycles. The van der Waals surface area contributed by atoms with Crippen LogP contribution in [0.15, 0.2) is 16.3 Å². The van der Waals surface area contributed by atoms with Gasteiger partial charge in [-0.25, -0.2) is 0 Å². The van der Waals surface area contributed by atoms with E-state index in [1.165, 1.54) is 6.20 Å². The van der Waals surface area contributed by atoms with E-state index in [1.807, 2.05) is 0 Å². The molecule has 0 saturated heterocycles. The summed E-state index contributed by atoms with van der Waals surface area (Å²) in [5, 5.41) is 4.11. The first-order valence-electron chi connectivity index (χ1n) is 1.60. The van der Waals surface area contributed by atoms with Crippen LogP contribution in [0, 0.1) is 0 Å². The zero-order valence-electron chi connectivity index (χ0n) is 3.23. The van der Waals surface area contributed by atoms with Crippen LogP contribution in [0.3, 0.4) is 0 Å². The Bertz CT molecular complexity index is 124. The first-order chi connectivity index (χ1) is 3.30. The summed E-state index contributed by atoms with van der Waals surface area (Å²) in [6, 6.07) is 0. The molecule has 0 aromatic heterocycles. The van der Waals surface area contributed by atoms with Gasteiger partial charge in [0, 0.05) is 0 Å². The Hall–Kier alpha value is -0.0200. The summed E-state index contributed by atoms with van der Waals surface area (Å²) in [6.07, 6.45) is 1.48. The fourth-order valence-electron chi connectivity index (χ4n) is 0.231. The summed E-state index contributed by atoms with van der Waals surface area (Å²) in [6.45, 7) is 0. The van der Waals surface area contributed by atoms with Gasteiger partial charge in [0.05, 0.1) is 11.2 Å². The Kier molecular flexibility index (Phi) is 1.35. The lowest BCUT2D eigenvalue weighted by Crippen LogP contribution is -1.76. The van der Waals surface area contributed by atoms with Crippen molar-refractivity contribution in [3.8, 4) is 0 Å². The Morgan fingerprint density at radius 3 is 2.57 bits per heavy atom. The molecule has 0 aromatic rings. The van der Waals surface area contributed by atoms with E-state index >= 15 is 0 Å². The molecule has 4 heteroatoms. The van der Waals surface area contributed by atoms with Gasteiger partial charge in [-0.15, -0.1) is 5.10 Å². The number of rotatable bonds is 0. The van der Waals surface area contributed by atoms with E-state index in [2.05, 4.69) is 26.5 Å². The van der Waals surface area contributed by atoms with Crippen molar-refractivity contribution in [2.24, 2.45) is 5.10 Å². The van der Waals surface area contributed by atoms with Crippen LogP contribution in [0.1, 0.15) is 0 Å². The van der Waals surface area contributed by atoms with Gasteiger partial charge in [-0.1, -0.05) is 11.6 Å². The van der Waals surface area contributed by atoms with E-state index in [0.717, 1.165) is 0 Å². The van der Waals surface area contributed by atoms with Gasteiger partial charge < -0.3 is 0 Å². The van der Waals surface area contributed by atoms with E-state index < -0.39 is 0 Å². The molecule has 0 bridgehead atoms. The predicted octanol–water partition coefficient (Wildman–Crippen LogP) is 1.39. The van der Waals surface area contributed by atoms with Crippen LogP contribution < -0.4 is 5.43 Å². The lowest BCUT2D eigenvalue weighted by Gasteiger charge is -1.76. The zero-order chi connectivity index (χ0) is 5.28. The fourth-order valence-corrected chi connectivity index (χ4v) is 0.507. The van der Waals surface area contributed by atoms with Gasteiger partial charge >= 0.3 is 0 Å². The predicted molar refractivity (Wildman–Crippen MR) is 32.4 cm³/mol. The second-order valence-corrected chi connectivity index (χ2v) is 2.14. The lowest BCUT2D eigenvalue weighted by molar-refractivity contribution is 0.975. The average Bonchev–Trinajstić information content (AvgIpc) is 1.91. The van der Waals surface area contributed by atoms with E-state index in [0.29, 0.717) is 9.65 Å². The van der Waals surface area contributed by atoms with Crippen LogP contribution >= 0.6 is 27.5 Å². The smallest absolute Gasteiger partial charge is 0.148 e. The SMILES string of the molecule is ClC1=C[N]N=C1Br. The molecule has 0 aliphatic carbocycles. The Morgan fingerprint density at radius 2 is 2.43 bits per heavy atom. The molecule has 0 saturated carbocycles. The maximum Gasteiger partial charge on any atom is 0.148 e. The third-order valence-electron chi connectivity index (χ3n) is 0.514. The quantitative estimate of drug-likeness (QED) is 0.539. The molecule has 1 heterocycles. The lowest BCUT2D eigenvalue weighted by atomic mass is 10.7. The van der Waals surface area contributed by atoms with Crippen LogP contribution in [0.2, 0.25) is 0 Å². The molecular formula is C3HBrClN2. The summed E-state index contributed by atoms with van der Waals surface area (Å²) in [4.78, 5) is 0. The molecule has 0 spiro atoms. The number of hydrogen-bond donors (Lipinski definition) is 0. The minimum absolute atomic E-state index is 0.556. The largest absolute Gasteiger partial charge is 0.156 e. The van der Waals surface area contributed by atoms with Gasteiger partial charge in [0.2, 0.25) is 0 Å². The Labute approximate surface area is 54.4 Å². The van der Waals surface area contributed by atoms with Crippen molar-refractivity contribution < 1.29 is 0 Å². The molecule has 0 unspecified atom stereocenters. The first-order valence-corrected chi connectivity index (χ1v) is 2.77. The second-order valence-electron chi connectivity index (χ2n) is 0.983. The average molecular weight is 180 g/mol.